The number of rotatable bonds is 2. The number of hydrogen-bond donors (Lipinski definition) is 1. The van der Waals surface area contributed by atoms with Crippen molar-refractivity contribution in [3.8, 4) is 0 Å². The molecule has 0 amide bonds. The molecule has 2 N–H and O–H groups in total. The zero-order chi connectivity index (χ0) is 8.39. The molecule has 3 heteroatoms. The molecule has 0 unspecified atom stereocenters. The van der Waals surface area contributed by atoms with E-state index < -0.39 is 0 Å². The molecule has 3 nitrogen and oxygen atoms in total. The summed E-state index contributed by atoms with van der Waals surface area (Å²) < 4.78 is 2.11. The highest BCUT2D eigenvalue weighted by atomic mass is 15.0. The van der Waals surface area contributed by atoms with E-state index in [9.17, 15) is 0 Å². The van der Waals surface area contributed by atoms with Crippen LogP contribution in [0.15, 0.2) is 30.7 Å². The van der Waals surface area contributed by atoms with Gasteiger partial charge in [0.1, 0.15) is 0 Å². The van der Waals surface area contributed by atoms with Crippen molar-refractivity contribution in [2.75, 3.05) is 6.54 Å². The van der Waals surface area contributed by atoms with Crippen molar-refractivity contribution in [2.24, 2.45) is 5.73 Å². The summed E-state index contributed by atoms with van der Waals surface area (Å²) in [4.78, 5) is 4.07. The Morgan fingerprint density at radius 3 is 3.17 bits per heavy atom. The topological polar surface area (TPSA) is 43.8 Å². The van der Waals surface area contributed by atoms with E-state index in [2.05, 4.69) is 15.6 Å². The van der Waals surface area contributed by atoms with Gasteiger partial charge in [-0.25, -0.2) is 0 Å². The van der Waals surface area contributed by atoms with Crippen LogP contribution in [0.3, 0.4) is 0 Å². The number of nitrogens with zero attached hydrogens (tertiary/aromatic N) is 2. The summed E-state index contributed by atoms with van der Waals surface area (Å²) in [6.45, 7) is 1.52. The van der Waals surface area contributed by atoms with Gasteiger partial charge in [0.25, 0.3) is 0 Å². The Morgan fingerprint density at radius 2 is 2.33 bits per heavy atom. The molecule has 2 aromatic rings. The minimum absolute atomic E-state index is 0.665. The molecule has 2 heterocycles. The van der Waals surface area contributed by atoms with Gasteiger partial charge in [-0.3, -0.25) is 4.98 Å². The summed E-state index contributed by atoms with van der Waals surface area (Å²) in [5.74, 6) is 0. The smallest absolute Gasteiger partial charge is 0.0667 e. The predicted molar refractivity (Wildman–Crippen MR) is 48.8 cm³/mol. The molecule has 0 saturated heterocycles. The standard InChI is InChI=1S/C9H11N3/c10-3-6-12-5-2-8-1-4-11-7-9(8)12/h1-2,4-5,7H,3,6,10H2. The minimum Gasteiger partial charge on any atom is -0.345 e. The van der Waals surface area contributed by atoms with E-state index in [-0.39, 0.29) is 0 Å². The number of aromatic nitrogens is 2. The van der Waals surface area contributed by atoms with Crippen LogP contribution in [0.5, 0.6) is 0 Å². The molecular formula is C9H11N3. The summed E-state index contributed by atoms with van der Waals surface area (Å²) in [6.07, 6.45) is 5.71. The lowest BCUT2D eigenvalue weighted by molar-refractivity contribution is 0.734. The molecule has 62 valence electrons. The molecule has 0 radical (unpaired) electrons. The van der Waals surface area contributed by atoms with Gasteiger partial charge in [-0.2, -0.15) is 0 Å². The number of fused-ring (bicyclic) bond motifs is 1. The number of nitrogens with two attached hydrogens (primary N) is 1. The second-order valence-corrected chi connectivity index (χ2v) is 2.73. The maximum atomic E-state index is 5.47. The maximum absolute atomic E-state index is 5.47. The third-order valence-corrected chi connectivity index (χ3v) is 1.95. The molecule has 0 aliphatic carbocycles. The Bertz CT molecular complexity index is 378. The lowest BCUT2D eigenvalue weighted by Crippen LogP contribution is -2.08. The quantitative estimate of drug-likeness (QED) is 0.714. The van der Waals surface area contributed by atoms with Gasteiger partial charge in [0, 0.05) is 30.9 Å². The predicted octanol–water partition coefficient (Wildman–Crippen LogP) is 0.995. The zero-order valence-corrected chi connectivity index (χ0v) is 6.77. The van der Waals surface area contributed by atoms with Gasteiger partial charge in [0.15, 0.2) is 0 Å². The van der Waals surface area contributed by atoms with Crippen molar-refractivity contribution >= 4 is 10.9 Å². The lowest BCUT2D eigenvalue weighted by Gasteiger charge is -2.00. The molecule has 0 atom stereocenters. The van der Waals surface area contributed by atoms with Gasteiger partial charge in [0.05, 0.1) is 11.7 Å². The fourth-order valence-electron chi connectivity index (χ4n) is 1.36. The van der Waals surface area contributed by atoms with Gasteiger partial charge in [0.2, 0.25) is 0 Å². The van der Waals surface area contributed by atoms with Crippen LogP contribution in [0, 0.1) is 0 Å². The minimum atomic E-state index is 0.665. The van der Waals surface area contributed by atoms with Crippen LogP contribution in [0.1, 0.15) is 0 Å². The van der Waals surface area contributed by atoms with E-state index in [0.717, 1.165) is 12.1 Å². The third kappa shape index (κ3) is 1.08. The van der Waals surface area contributed by atoms with Gasteiger partial charge in [-0.15, -0.1) is 0 Å². The first-order valence-corrected chi connectivity index (χ1v) is 4.01. The maximum Gasteiger partial charge on any atom is 0.0667 e. The highest BCUT2D eigenvalue weighted by molar-refractivity contribution is 5.78. The monoisotopic (exact) mass is 161 g/mol. The average Bonchev–Trinajstić information content (AvgIpc) is 2.50. The van der Waals surface area contributed by atoms with Crippen LogP contribution in [-0.4, -0.2) is 16.1 Å². The van der Waals surface area contributed by atoms with E-state index in [1.807, 2.05) is 18.5 Å². The van der Waals surface area contributed by atoms with Crippen LogP contribution in [0.25, 0.3) is 10.9 Å². The molecule has 0 spiro atoms. The van der Waals surface area contributed by atoms with Crippen LogP contribution >= 0.6 is 0 Å². The second kappa shape index (κ2) is 2.95. The van der Waals surface area contributed by atoms with Crippen LogP contribution in [0.4, 0.5) is 0 Å². The summed E-state index contributed by atoms with van der Waals surface area (Å²) in [6, 6.07) is 4.08. The highest BCUT2D eigenvalue weighted by Gasteiger charge is 1.97. The Balaban J connectivity index is 2.55. The van der Waals surface area contributed by atoms with E-state index in [4.69, 9.17) is 5.73 Å². The van der Waals surface area contributed by atoms with Crippen molar-refractivity contribution in [2.45, 2.75) is 6.54 Å². The first-order chi connectivity index (χ1) is 5.92. The number of pyridine rings is 1. The highest BCUT2D eigenvalue weighted by Crippen LogP contribution is 2.12. The largest absolute Gasteiger partial charge is 0.345 e. The van der Waals surface area contributed by atoms with E-state index in [0.29, 0.717) is 6.54 Å². The van der Waals surface area contributed by atoms with Gasteiger partial charge >= 0.3 is 0 Å². The summed E-state index contributed by atoms with van der Waals surface area (Å²) >= 11 is 0. The molecule has 2 aromatic heterocycles. The van der Waals surface area contributed by atoms with E-state index in [1.165, 1.54) is 5.39 Å². The lowest BCUT2D eigenvalue weighted by atomic mass is 10.3. The second-order valence-electron chi connectivity index (χ2n) is 2.73. The zero-order valence-electron chi connectivity index (χ0n) is 6.77. The van der Waals surface area contributed by atoms with Crippen LogP contribution in [-0.2, 0) is 6.54 Å². The fourth-order valence-corrected chi connectivity index (χ4v) is 1.36. The van der Waals surface area contributed by atoms with Crippen molar-refractivity contribution in [3.63, 3.8) is 0 Å². The SMILES string of the molecule is NCCn1ccc2ccncc21. The Morgan fingerprint density at radius 1 is 1.42 bits per heavy atom. The van der Waals surface area contributed by atoms with Gasteiger partial charge < -0.3 is 10.3 Å². The summed E-state index contributed by atoms with van der Waals surface area (Å²) in [5.41, 5.74) is 6.63. The molecule has 0 bridgehead atoms. The first-order valence-electron chi connectivity index (χ1n) is 4.01. The Kier molecular flexibility index (Phi) is 1.80. The summed E-state index contributed by atoms with van der Waals surface area (Å²) in [7, 11) is 0. The van der Waals surface area contributed by atoms with E-state index >= 15 is 0 Å². The van der Waals surface area contributed by atoms with Crippen molar-refractivity contribution in [1.29, 1.82) is 0 Å². The van der Waals surface area contributed by atoms with Crippen LogP contribution in [0.2, 0.25) is 0 Å². The molecule has 2 rings (SSSR count). The van der Waals surface area contributed by atoms with Crippen LogP contribution < -0.4 is 5.73 Å². The van der Waals surface area contributed by atoms with Gasteiger partial charge in [-0.05, 0) is 12.1 Å². The molecule has 0 aliphatic rings. The normalized spacial score (nSPS) is 10.8. The molecule has 0 fully saturated rings. The first kappa shape index (κ1) is 7.31. The molecule has 0 aliphatic heterocycles. The summed E-state index contributed by atoms with van der Waals surface area (Å²) in [5, 5.41) is 1.22. The molecular weight excluding hydrogens is 150 g/mol. The molecule has 0 aromatic carbocycles. The van der Waals surface area contributed by atoms with Crippen molar-refractivity contribution in [3.05, 3.63) is 30.7 Å². The van der Waals surface area contributed by atoms with Gasteiger partial charge in [-0.1, -0.05) is 0 Å². The number of hydrogen-bond acceptors (Lipinski definition) is 2. The van der Waals surface area contributed by atoms with Crippen molar-refractivity contribution in [1.82, 2.24) is 9.55 Å². The van der Waals surface area contributed by atoms with Crippen molar-refractivity contribution < 1.29 is 0 Å². The third-order valence-electron chi connectivity index (χ3n) is 1.95. The Hall–Kier alpha value is -1.35. The average molecular weight is 161 g/mol. The molecule has 0 saturated carbocycles. The van der Waals surface area contributed by atoms with E-state index in [1.54, 1.807) is 6.20 Å². The Labute approximate surface area is 70.8 Å². The molecule has 12 heavy (non-hydrogen) atoms. The fraction of sp³-hybridized carbons (Fsp3) is 0.222.